The van der Waals surface area contributed by atoms with Crippen LogP contribution in [0.2, 0.25) is 0 Å². The second-order valence-corrected chi connectivity index (χ2v) is 8.38. The molecule has 0 radical (unpaired) electrons. The summed E-state index contributed by atoms with van der Waals surface area (Å²) < 4.78 is 39.7. The van der Waals surface area contributed by atoms with Crippen molar-refractivity contribution in [2.24, 2.45) is 5.14 Å². The number of amides is 1. The fraction of sp³-hybridized carbons (Fsp3) is 0.286. The van der Waals surface area contributed by atoms with Crippen LogP contribution in [-0.4, -0.2) is 46.6 Å². The summed E-state index contributed by atoms with van der Waals surface area (Å²) in [6.45, 7) is 2.70. The molecule has 30 heavy (non-hydrogen) atoms. The minimum atomic E-state index is -3.82. The number of hydrogen-bond donors (Lipinski definition) is 1. The van der Waals surface area contributed by atoms with Crippen LogP contribution in [-0.2, 0) is 14.8 Å². The molecule has 2 aromatic rings. The van der Waals surface area contributed by atoms with E-state index in [1.807, 2.05) is 0 Å². The molecule has 1 atom stereocenters. The van der Waals surface area contributed by atoms with Gasteiger partial charge in [-0.1, -0.05) is 12.1 Å². The maximum Gasteiger partial charge on any atom is 0.246 e. The van der Waals surface area contributed by atoms with Crippen molar-refractivity contribution < 1.29 is 27.4 Å². The zero-order chi connectivity index (χ0) is 21.9. The fourth-order valence-electron chi connectivity index (χ4n) is 3.04. The summed E-state index contributed by atoms with van der Waals surface area (Å²) in [5, 5.41) is 5.20. The molecule has 0 spiro atoms. The van der Waals surface area contributed by atoms with E-state index in [0.717, 1.165) is 5.56 Å². The lowest BCUT2D eigenvalue weighted by molar-refractivity contribution is -0.126. The number of ether oxygens (including phenoxy) is 3. The molecular weight excluding hydrogens is 408 g/mol. The highest BCUT2D eigenvalue weighted by Crippen LogP contribution is 2.40. The van der Waals surface area contributed by atoms with Crippen LogP contribution in [0.1, 0.15) is 24.1 Å². The quantitative estimate of drug-likeness (QED) is 0.702. The van der Waals surface area contributed by atoms with E-state index in [4.69, 9.17) is 19.3 Å². The minimum absolute atomic E-state index is 0.00612. The Labute approximate surface area is 175 Å². The first-order valence-corrected chi connectivity index (χ1v) is 10.8. The second kappa shape index (κ2) is 8.76. The number of carbonyl (C=O) groups excluding carboxylic acids is 1. The van der Waals surface area contributed by atoms with E-state index in [2.05, 4.69) is 0 Å². The lowest BCUT2D eigenvalue weighted by Gasteiger charge is -2.24. The van der Waals surface area contributed by atoms with E-state index in [9.17, 15) is 13.2 Å². The van der Waals surface area contributed by atoms with Gasteiger partial charge in [-0.25, -0.2) is 13.6 Å². The van der Waals surface area contributed by atoms with Crippen LogP contribution < -0.4 is 19.3 Å². The van der Waals surface area contributed by atoms with Gasteiger partial charge < -0.3 is 19.1 Å². The zero-order valence-corrected chi connectivity index (χ0v) is 17.8. The summed E-state index contributed by atoms with van der Waals surface area (Å²) in [5.41, 5.74) is 1.38. The molecule has 3 rings (SSSR count). The Hall–Kier alpha value is -3.04. The van der Waals surface area contributed by atoms with Crippen molar-refractivity contribution in [3.63, 3.8) is 0 Å². The number of likely N-dealkylation sites (N-methyl/N-ethyl adjacent to an activating group) is 1. The molecule has 1 amide bonds. The van der Waals surface area contributed by atoms with Crippen molar-refractivity contribution in [1.29, 1.82) is 0 Å². The Balaban J connectivity index is 1.78. The molecule has 1 aliphatic rings. The summed E-state index contributed by atoms with van der Waals surface area (Å²) in [6, 6.07) is 9.41. The lowest BCUT2D eigenvalue weighted by atomic mass is 10.1. The number of carbonyl (C=O) groups is 1. The molecule has 0 aliphatic carbocycles. The molecule has 2 N–H and O–H groups in total. The highest BCUT2D eigenvalue weighted by Gasteiger charge is 2.19. The first-order chi connectivity index (χ1) is 14.2. The van der Waals surface area contributed by atoms with Gasteiger partial charge in [-0.15, -0.1) is 0 Å². The summed E-state index contributed by atoms with van der Waals surface area (Å²) in [7, 11) is -0.633. The maximum atomic E-state index is 12.7. The zero-order valence-electron chi connectivity index (χ0n) is 17.0. The van der Waals surface area contributed by atoms with E-state index in [1.165, 1.54) is 30.2 Å². The van der Waals surface area contributed by atoms with Crippen LogP contribution in [0.15, 0.2) is 47.4 Å². The summed E-state index contributed by atoms with van der Waals surface area (Å²) >= 11 is 0. The molecular formula is C21H24N2O6S. The van der Waals surface area contributed by atoms with Crippen molar-refractivity contribution in [2.45, 2.75) is 17.9 Å². The number of sulfonamides is 1. The molecule has 0 fully saturated rings. The highest BCUT2D eigenvalue weighted by molar-refractivity contribution is 7.89. The van der Waals surface area contributed by atoms with Crippen LogP contribution in [0.4, 0.5) is 0 Å². The molecule has 8 nitrogen and oxygen atoms in total. The maximum absolute atomic E-state index is 12.7. The van der Waals surface area contributed by atoms with E-state index in [0.29, 0.717) is 36.0 Å². The third-order valence-corrected chi connectivity index (χ3v) is 5.78. The molecule has 2 aromatic carbocycles. The van der Waals surface area contributed by atoms with Gasteiger partial charge in [0.05, 0.1) is 18.0 Å². The molecule has 160 valence electrons. The monoisotopic (exact) mass is 432 g/mol. The number of nitrogens with two attached hydrogens (primary N) is 1. The smallest absolute Gasteiger partial charge is 0.246 e. The van der Waals surface area contributed by atoms with E-state index < -0.39 is 10.0 Å². The molecule has 0 saturated heterocycles. The predicted octanol–water partition coefficient (Wildman–Crippen LogP) is 2.35. The Morgan fingerprint density at radius 1 is 1.23 bits per heavy atom. The lowest BCUT2D eigenvalue weighted by Crippen LogP contribution is -2.28. The van der Waals surface area contributed by atoms with E-state index >= 15 is 0 Å². The molecule has 0 aromatic heterocycles. The summed E-state index contributed by atoms with van der Waals surface area (Å²) in [6.07, 6.45) is 3.10. The van der Waals surface area contributed by atoms with Gasteiger partial charge >= 0.3 is 0 Å². The van der Waals surface area contributed by atoms with Gasteiger partial charge in [0, 0.05) is 13.1 Å². The predicted molar refractivity (Wildman–Crippen MR) is 112 cm³/mol. The van der Waals surface area contributed by atoms with Crippen LogP contribution in [0.5, 0.6) is 17.2 Å². The average molecular weight is 432 g/mol. The van der Waals surface area contributed by atoms with Crippen molar-refractivity contribution >= 4 is 22.0 Å². The van der Waals surface area contributed by atoms with E-state index in [-0.39, 0.29) is 16.8 Å². The molecule has 0 saturated carbocycles. The Morgan fingerprint density at radius 3 is 2.67 bits per heavy atom. The van der Waals surface area contributed by atoms with E-state index in [1.54, 1.807) is 44.3 Å². The van der Waals surface area contributed by atoms with Gasteiger partial charge in [0.25, 0.3) is 0 Å². The molecule has 9 heteroatoms. The van der Waals surface area contributed by atoms with Gasteiger partial charge in [-0.05, 0) is 48.4 Å². The van der Waals surface area contributed by atoms with Crippen LogP contribution in [0, 0.1) is 0 Å². The number of rotatable bonds is 6. The Kier molecular flexibility index (Phi) is 6.33. The molecule has 1 unspecified atom stereocenters. The summed E-state index contributed by atoms with van der Waals surface area (Å²) in [4.78, 5) is 14.2. The number of primary sulfonamides is 1. The number of methoxy groups -OCH3 is 1. The van der Waals surface area contributed by atoms with Crippen molar-refractivity contribution in [3.05, 3.63) is 53.6 Å². The third-order valence-electron chi connectivity index (χ3n) is 4.87. The highest BCUT2D eigenvalue weighted by atomic mass is 32.2. The van der Waals surface area contributed by atoms with Gasteiger partial charge in [-0.3, -0.25) is 4.79 Å². The van der Waals surface area contributed by atoms with Gasteiger partial charge in [0.15, 0.2) is 11.5 Å². The molecule has 1 heterocycles. The molecule has 0 bridgehead atoms. The van der Waals surface area contributed by atoms with Crippen LogP contribution in [0.3, 0.4) is 0 Å². The first kappa shape index (κ1) is 21.7. The standard InChI is InChI=1S/C21H24N2O6S/c1-14(16-5-4-6-17(13-16)30(22,25)26)23(2)20(24)8-7-15-11-18(27-3)21-19(12-15)28-9-10-29-21/h4-8,11-14H,9-10H2,1-3H3,(H2,22,25,26)/b8-7+. The number of hydrogen-bond acceptors (Lipinski definition) is 6. The largest absolute Gasteiger partial charge is 0.493 e. The van der Waals surface area contributed by atoms with Gasteiger partial charge in [0.2, 0.25) is 21.7 Å². The van der Waals surface area contributed by atoms with Crippen molar-refractivity contribution in [3.8, 4) is 17.2 Å². The number of benzene rings is 2. The van der Waals surface area contributed by atoms with Crippen LogP contribution in [0.25, 0.3) is 6.08 Å². The topological polar surface area (TPSA) is 108 Å². The Bertz CT molecular complexity index is 1060. The first-order valence-electron chi connectivity index (χ1n) is 9.26. The minimum Gasteiger partial charge on any atom is -0.493 e. The number of nitrogens with zero attached hydrogens (tertiary/aromatic N) is 1. The van der Waals surface area contributed by atoms with Crippen molar-refractivity contribution in [1.82, 2.24) is 4.90 Å². The number of fused-ring (bicyclic) bond motifs is 1. The third kappa shape index (κ3) is 4.74. The van der Waals surface area contributed by atoms with Gasteiger partial charge in [0.1, 0.15) is 13.2 Å². The van der Waals surface area contributed by atoms with Crippen LogP contribution >= 0.6 is 0 Å². The normalized spacial score (nSPS) is 14.4. The summed E-state index contributed by atoms with van der Waals surface area (Å²) in [5.74, 6) is 1.39. The average Bonchev–Trinajstić information content (AvgIpc) is 2.75. The van der Waals surface area contributed by atoms with Gasteiger partial charge in [-0.2, -0.15) is 0 Å². The second-order valence-electron chi connectivity index (χ2n) is 6.82. The fourth-order valence-corrected chi connectivity index (χ4v) is 3.61. The molecule has 1 aliphatic heterocycles. The van der Waals surface area contributed by atoms with Crippen molar-refractivity contribution in [2.75, 3.05) is 27.4 Å². The Morgan fingerprint density at radius 2 is 1.97 bits per heavy atom. The SMILES string of the molecule is COc1cc(/C=C/C(=O)N(C)C(C)c2cccc(S(N)(=O)=O)c2)cc2c1OCCO2.